The third-order valence-corrected chi connectivity index (χ3v) is 4.69. The van der Waals surface area contributed by atoms with Crippen molar-refractivity contribution in [1.82, 2.24) is 4.98 Å². The molecular weight excluding hydrogens is 290 g/mol. The smallest absolute Gasteiger partial charge is 0.306 e. The highest BCUT2D eigenvalue weighted by atomic mass is 32.2. The molecule has 0 saturated heterocycles. The van der Waals surface area contributed by atoms with E-state index < -0.39 is 0 Å². The van der Waals surface area contributed by atoms with E-state index in [0.29, 0.717) is 18.8 Å². The van der Waals surface area contributed by atoms with Gasteiger partial charge in [0.05, 0.1) is 18.7 Å². The maximum atomic E-state index is 11.2. The molecular formula is C15H17NO2S2. The Labute approximate surface area is 127 Å². The Hall–Kier alpha value is -1.33. The van der Waals surface area contributed by atoms with Crippen LogP contribution in [-0.4, -0.2) is 23.3 Å². The lowest BCUT2D eigenvalue weighted by atomic mass is 10.1. The van der Waals surface area contributed by atoms with Crippen molar-refractivity contribution < 1.29 is 9.53 Å². The van der Waals surface area contributed by atoms with Crippen molar-refractivity contribution in [3.8, 4) is 11.3 Å². The number of benzene rings is 1. The number of thioether (sulfide) groups is 1. The third-order valence-electron chi connectivity index (χ3n) is 2.67. The number of aromatic nitrogens is 1. The predicted molar refractivity (Wildman–Crippen MR) is 84.3 cm³/mol. The number of aryl methyl sites for hydroxylation is 1. The van der Waals surface area contributed by atoms with E-state index in [1.807, 2.05) is 6.92 Å². The Kier molecular flexibility index (Phi) is 5.61. The largest absolute Gasteiger partial charge is 0.466 e. The van der Waals surface area contributed by atoms with Gasteiger partial charge in [-0.1, -0.05) is 41.6 Å². The van der Waals surface area contributed by atoms with Gasteiger partial charge in [-0.3, -0.25) is 4.79 Å². The average molecular weight is 307 g/mol. The molecule has 0 amide bonds. The summed E-state index contributed by atoms with van der Waals surface area (Å²) in [6.45, 7) is 4.33. The summed E-state index contributed by atoms with van der Waals surface area (Å²) in [6.07, 6.45) is 0.429. The molecule has 1 aromatic heterocycles. The summed E-state index contributed by atoms with van der Waals surface area (Å²) < 4.78 is 5.89. The first-order valence-electron chi connectivity index (χ1n) is 6.50. The van der Waals surface area contributed by atoms with Crippen LogP contribution in [0.1, 0.15) is 18.9 Å². The molecule has 106 valence electrons. The van der Waals surface area contributed by atoms with Crippen LogP contribution in [0, 0.1) is 6.92 Å². The molecule has 0 fully saturated rings. The van der Waals surface area contributed by atoms with E-state index in [2.05, 4.69) is 41.6 Å². The van der Waals surface area contributed by atoms with Crippen LogP contribution in [0.3, 0.4) is 0 Å². The molecule has 20 heavy (non-hydrogen) atoms. The van der Waals surface area contributed by atoms with Gasteiger partial charge in [0.15, 0.2) is 4.34 Å². The van der Waals surface area contributed by atoms with Gasteiger partial charge in [-0.2, -0.15) is 0 Å². The second-order valence-electron chi connectivity index (χ2n) is 4.27. The topological polar surface area (TPSA) is 39.2 Å². The Morgan fingerprint density at radius 2 is 2.10 bits per heavy atom. The van der Waals surface area contributed by atoms with Gasteiger partial charge in [-0.25, -0.2) is 4.98 Å². The van der Waals surface area contributed by atoms with Crippen molar-refractivity contribution in [2.75, 3.05) is 12.4 Å². The third kappa shape index (κ3) is 4.35. The molecule has 0 saturated carbocycles. The molecule has 0 atom stereocenters. The number of carbonyl (C=O) groups excluding carboxylic acids is 1. The minimum Gasteiger partial charge on any atom is -0.466 e. The van der Waals surface area contributed by atoms with Crippen LogP contribution in [0.5, 0.6) is 0 Å². The lowest BCUT2D eigenvalue weighted by molar-refractivity contribution is -0.142. The molecule has 5 heteroatoms. The SMILES string of the molecule is CCOC(=O)CCSc1nc(-c2ccc(C)cc2)cs1. The van der Waals surface area contributed by atoms with Gasteiger partial charge < -0.3 is 4.74 Å². The average Bonchev–Trinajstić information content (AvgIpc) is 2.89. The summed E-state index contributed by atoms with van der Waals surface area (Å²) in [5.41, 5.74) is 3.37. The van der Waals surface area contributed by atoms with Crippen LogP contribution < -0.4 is 0 Å². The van der Waals surface area contributed by atoms with Gasteiger partial charge in [-0.05, 0) is 13.8 Å². The van der Waals surface area contributed by atoms with Gasteiger partial charge in [0.2, 0.25) is 0 Å². The standard InChI is InChI=1S/C15H17NO2S2/c1-3-18-14(17)8-9-19-15-16-13(10-20-15)12-6-4-11(2)5-7-12/h4-7,10H,3,8-9H2,1-2H3. The van der Waals surface area contributed by atoms with Gasteiger partial charge in [0.1, 0.15) is 0 Å². The minimum absolute atomic E-state index is 0.143. The summed E-state index contributed by atoms with van der Waals surface area (Å²) >= 11 is 3.21. The molecule has 0 aliphatic heterocycles. The predicted octanol–water partition coefficient (Wildman–Crippen LogP) is 4.16. The van der Waals surface area contributed by atoms with Crippen LogP contribution >= 0.6 is 23.1 Å². The highest BCUT2D eigenvalue weighted by Gasteiger charge is 2.07. The van der Waals surface area contributed by atoms with Gasteiger partial charge in [0, 0.05) is 16.7 Å². The van der Waals surface area contributed by atoms with Crippen molar-refractivity contribution in [1.29, 1.82) is 0 Å². The Morgan fingerprint density at radius 3 is 2.80 bits per heavy atom. The molecule has 0 N–H and O–H groups in total. The Morgan fingerprint density at radius 1 is 1.35 bits per heavy atom. The second kappa shape index (κ2) is 7.45. The Bertz CT molecular complexity index is 564. The summed E-state index contributed by atoms with van der Waals surface area (Å²) in [7, 11) is 0. The molecule has 0 radical (unpaired) electrons. The number of hydrogen-bond donors (Lipinski definition) is 0. The van der Waals surface area contributed by atoms with E-state index in [4.69, 9.17) is 4.74 Å². The van der Waals surface area contributed by atoms with Crippen LogP contribution in [0.25, 0.3) is 11.3 Å². The maximum absolute atomic E-state index is 11.2. The van der Waals surface area contributed by atoms with Crippen LogP contribution in [-0.2, 0) is 9.53 Å². The van der Waals surface area contributed by atoms with Crippen molar-refractivity contribution in [3.63, 3.8) is 0 Å². The van der Waals surface area contributed by atoms with E-state index >= 15 is 0 Å². The molecule has 0 aliphatic carbocycles. The summed E-state index contributed by atoms with van der Waals surface area (Å²) in [6, 6.07) is 8.33. The molecule has 2 rings (SSSR count). The molecule has 3 nitrogen and oxygen atoms in total. The number of hydrogen-bond acceptors (Lipinski definition) is 5. The quantitative estimate of drug-likeness (QED) is 0.593. The first kappa shape index (κ1) is 15.1. The molecule has 0 aliphatic rings. The van der Waals surface area contributed by atoms with Gasteiger partial charge >= 0.3 is 5.97 Å². The van der Waals surface area contributed by atoms with Crippen LogP contribution in [0.15, 0.2) is 34.0 Å². The van der Waals surface area contributed by atoms with E-state index in [1.54, 1.807) is 23.1 Å². The molecule has 2 aromatic rings. The van der Waals surface area contributed by atoms with Gasteiger partial charge in [0.25, 0.3) is 0 Å². The normalized spacial score (nSPS) is 10.5. The summed E-state index contributed by atoms with van der Waals surface area (Å²) in [5, 5.41) is 2.05. The Balaban J connectivity index is 1.89. The second-order valence-corrected chi connectivity index (χ2v) is 6.47. The highest BCUT2D eigenvalue weighted by molar-refractivity contribution is 8.01. The first-order chi connectivity index (χ1) is 9.69. The molecule has 1 heterocycles. The lowest BCUT2D eigenvalue weighted by Crippen LogP contribution is -2.04. The van der Waals surface area contributed by atoms with E-state index in [1.165, 1.54) is 5.56 Å². The fourth-order valence-electron chi connectivity index (χ4n) is 1.64. The highest BCUT2D eigenvalue weighted by Crippen LogP contribution is 2.28. The monoisotopic (exact) mass is 307 g/mol. The molecule has 1 aromatic carbocycles. The fraction of sp³-hybridized carbons (Fsp3) is 0.333. The van der Waals surface area contributed by atoms with Crippen molar-refractivity contribution >= 4 is 29.1 Å². The zero-order valence-corrected chi connectivity index (χ0v) is 13.2. The molecule has 0 unspecified atom stereocenters. The van der Waals surface area contributed by atoms with E-state index in [0.717, 1.165) is 15.6 Å². The van der Waals surface area contributed by atoms with Crippen molar-refractivity contribution in [3.05, 3.63) is 35.2 Å². The van der Waals surface area contributed by atoms with E-state index in [-0.39, 0.29) is 5.97 Å². The number of nitrogens with zero attached hydrogens (tertiary/aromatic N) is 1. The van der Waals surface area contributed by atoms with Crippen molar-refractivity contribution in [2.45, 2.75) is 24.6 Å². The van der Waals surface area contributed by atoms with Gasteiger partial charge in [-0.15, -0.1) is 11.3 Å². The number of carbonyl (C=O) groups is 1. The minimum atomic E-state index is -0.143. The number of esters is 1. The van der Waals surface area contributed by atoms with Crippen LogP contribution in [0.2, 0.25) is 0 Å². The number of ether oxygens (including phenoxy) is 1. The molecule has 0 spiro atoms. The van der Waals surface area contributed by atoms with E-state index in [9.17, 15) is 4.79 Å². The van der Waals surface area contributed by atoms with Crippen LogP contribution in [0.4, 0.5) is 0 Å². The molecule has 0 bridgehead atoms. The fourth-order valence-corrected chi connectivity index (χ4v) is 3.46. The zero-order valence-electron chi connectivity index (χ0n) is 11.6. The maximum Gasteiger partial charge on any atom is 0.306 e. The number of thiazole rings is 1. The summed E-state index contributed by atoms with van der Waals surface area (Å²) in [5.74, 6) is 0.565. The summed E-state index contributed by atoms with van der Waals surface area (Å²) in [4.78, 5) is 15.8. The first-order valence-corrected chi connectivity index (χ1v) is 8.36. The number of rotatable bonds is 6. The zero-order chi connectivity index (χ0) is 14.4. The lowest BCUT2D eigenvalue weighted by Gasteiger charge is -2.00. The van der Waals surface area contributed by atoms with Crippen molar-refractivity contribution in [2.24, 2.45) is 0 Å².